The summed E-state index contributed by atoms with van der Waals surface area (Å²) in [7, 11) is 0. The molecule has 5 heteroatoms. The summed E-state index contributed by atoms with van der Waals surface area (Å²) in [5, 5.41) is 19.0. The lowest BCUT2D eigenvalue weighted by Gasteiger charge is -2.04. The van der Waals surface area contributed by atoms with Crippen molar-refractivity contribution in [3.63, 3.8) is 0 Å². The first-order chi connectivity index (χ1) is 8.08. The van der Waals surface area contributed by atoms with Gasteiger partial charge in [-0.15, -0.1) is 0 Å². The molecule has 5 nitrogen and oxygen atoms in total. The third-order valence-electron chi connectivity index (χ3n) is 2.18. The van der Waals surface area contributed by atoms with E-state index in [1.165, 1.54) is 0 Å². The van der Waals surface area contributed by atoms with Gasteiger partial charge in [0.15, 0.2) is 0 Å². The van der Waals surface area contributed by atoms with Crippen molar-refractivity contribution < 1.29 is 14.8 Å². The van der Waals surface area contributed by atoms with Gasteiger partial charge < -0.3 is 5.11 Å². The summed E-state index contributed by atoms with van der Waals surface area (Å²) in [6, 6.07) is 9.25. The zero-order valence-corrected chi connectivity index (χ0v) is 9.15. The predicted molar refractivity (Wildman–Crippen MR) is 63.1 cm³/mol. The second kappa shape index (κ2) is 6.42. The SMILES string of the molecule is O=C(O)CC(/C=C/c1ccccc1)C[N+](=O)[O-]. The number of hydrogen-bond acceptors (Lipinski definition) is 3. The van der Waals surface area contributed by atoms with Gasteiger partial charge in [-0.3, -0.25) is 14.9 Å². The normalized spacial score (nSPS) is 12.5. The minimum absolute atomic E-state index is 0.232. The van der Waals surface area contributed by atoms with Crippen LogP contribution in [-0.2, 0) is 4.79 Å². The molecule has 0 aliphatic rings. The van der Waals surface area contributed by atoms with Crippen molar-refractivity contribution in [1.29, 1.82) is 0 Å². The Morgan fingerprint density at radius 3 is 2.59 bits per heavy atom. The predicted octanol–water partition coefficient (Wildman–Crippen LogP) is 2.07. The number of carbonyl (C=O) groups is 1. The lowest BCUT2D eigenvalue weighted by Crippen LogP contribution is -2.15. The molecular weight excluding hydrogens is 222 g/mol. The molecule has 0 saturated heterocycles. The quantitative estimate of drug-likeness (QED) is 0.604. The number of hydrogen-bond donors (Lipinski definition) is 1. The summed E-state index contributed by atoms with van der Waals surface area (Å²) >= 11 is 0. The fraction of sp³-hybridized carbons (Fsp3) is 0.250. The molecular formula is C12H13NO4. The number of carboxylic acid groups (broad SMARTS) is 1. The van der Waals surface area contributed by atoms with Gasteiger partial charge in [-0.25, -0.2) is 0 Å². The minimum Gasteiger partial charge on any atom is -0.481 e. The molecule has 0 aliphatic carbocycles. The first-order valence-corrected chi connectivity index (χ1v) is 5.15. The maximum Gasteiger partial charge on any atom is 0.304 e. The van der Waals surface area contributed by atoms with Gasteiger partial charge in [0.2, 0.25) is 6.54 Å². The highest BCUT2D eigenvalue weighted by Crippen LogP contribution is 2.10. The van der Waals surface area contributed by atoms with Crippen LogP contribution in [0.4, 0.5) is 0 Å². The van der Waals surface area contributed by atoms with Crippen molar-refractivity contribution in [2.75, 3.05) is 6.54 Å². The van der Waals surface area contributed by atoms with Gasteiger partial charge in [0.05, 0.1) is 12.3 Å². The van der Waals surface area contributed by atoms with E-state index >= 15 is 0 Å². The van der Waals surface area contributed by atoms with E-state index < -0.39 is 16.8 Å². The molecule has 90 valence electrons. The fourth-order valence-corrected chi connectivity index (χ4v) is 1.42. The number of carboxylic acids is 1. The highest BCUT2D eigenvalue weighted by Gasteiger charge is 2.15. The van der Waals surface area contributed by atoms with Gasteiger partial charge in [0.25, 0.3) is 0 Å². The van der Waals surface area contributed by atoms with Crippen LogP contribution in [0.1, 0.15) is 12.0 Å². The van der Waals surface area contributed by atoms with Crippen LogP contribution in [0, 0.1) is 16.0 Å². The average molecular weight is 235 g/mol. The number of aliphatic carboxylic acids is 1. The Kier molecular flexibility index (Phi) is 4.87. The Hall–Kier alpha value is -2.17. The van der Waals surface area contributed by atoms with E-state index in [9.17, 15) is 14.9 Å². The van der Waals surface area contributed by atoms with E-state index in [0.717, 1.165) is 5.56 Å². The van der Waals surface area contributed by atoms with Crippen LogP contribution in [0.25, 0.3) is 6.08 Å². The molecule has 1 aromatic rings. The zero-order chi connectivity index (χ0) is 12.7. The molecule has 1 N–H and O–H groups in total. The molecule has 0 radical (unpaired) electrons. The highest BCUT2D eigenvalue weighted by atomic mass is 16.6. The summed E-state index contributed by atoms with van der Waals surface area (Å²) in [5.74, 6) is -1.61. The maximum absolute atomic E-state index is 10.5. The van der Waals surface area contributed by atoms with Gasteiger partial charge in [0, 0.05) is 4.92 Å². The Morgan fingerprint density at radius 1 is 1.41 bits per heavy atom. The van der Waals surface area contributed by atoms with Crippen molar-refractivity contribution in [1.82, 2.24) is 0 Å². The Morgan fingerprint density at radius 2 is 2.06 bits per heavy atom. The van der Waals surface area contributed by atoms with Crippen LogP contribution in [0.3, 0.4) is 0 Å². The second-order valence-corrected chi connectivity index (χ2v) is 3.64. The summed E-state index contributed by atoms with van der Waals surface area (Å²) < 4.78 is 0. The molecule has 1 unspecified atom stereocenters. The molecule has 0 spiro atoms. The zero-order valence-electron chi connectivity index (χ0n) is 9.15. The molecule has 1 aromatic carbocycles. The summed E-state index contributed by atoms with van der Waals surface area (Å²) in [4.78, 5) is 20.4. The van der Waals surface area contributed by atoms with Crippen molar-refractivity contribution in [2.45, 2.75) is 6.42 Å². The first-order valence-electron chi connectivity index (χ1n) is 5.15. The van der Waals surface area contributed by atoms with Crippen molar-refractivity contribution in [2.24, 2.45) is 5.92 Å². The van der Waals surface area contributed by atoms with Crippen LogP contribution in [0.15, 0.2) is 36.4 Å². The molecule has 0 heterocycles. The summed E-state index contributed by atoms with van der Waals surface area (Å²) in [5.41, 5.74) is 0.895. The topological polar surface area (TPSA) is 80.4 Å². The number of nitrogens with zero attached hydrogens (tertiary/aromatic N) is 1. The largest absolute Gasteiger partial charge is 0.481 e. The van der Waals surface area contributed by atoms with Gasteiger partial charge in [0.1, 0.15) is 0 Å². The Labute approximate surface area is 98.5 Å². The summed E-state index contributed by atoms with van der Waals surface area (Å²) in [6.07, 6.45) is 3.05. The van der Waals surface area contributed by atoms with E-state index in [0.29, 0.717) is 0 Å². The maximum atomic E-state index is 10.5. The number of benzene rings is 1. The number of nitro groups is 1. The third-order valence-corrected chi connectivity index (χ3v) is 2.18. The summed E-state index contributed by atoms with van der Waals surface area (Å²) in [6.45, 7) is -0.365. The molecule has 17 heavy (non-hydrogen) atoms. The van der Waals surface area contributed by atoms with Gasteiger partial charge in [-0.2, -0.15) is 0 Å². The lowest BCUT2D eigenvalue weighted by atomic mass is 10.0. The van der Waals surface area contributed by atoms with E-state index in [1.807, 2.05) is 30.3 Å². The van der Waals surface area contributed by atoms with Crippen LogP contribution < -0.4 is 0 Å². The van der Waals surface area contributed by atoms with Crippen molar-refractivity contribution in [3.05, 3.63) is 52.1 Å². The average Bonchev–Trinajstić information content (AvgIpc) is 2.26. The first kappa shape index (κ1) is 12.9. The molecule has 1 atom stereocenters. The van der Waals surface area contributed by atoms with E-state index in [-0.39, 0.29) is 13.0 Å². The molecule has 0 bridgehead atoms. The smallest absolute Gasteiger partial charge is 0.304 e. The van der Waals surface area contributed by atoms with Crippen LogP contribution in [0.2, 0.25) is 0 Å². The molecule has 0 fully saturated rings. The third kappa shape index (κ3) is 5.46. The standard InChI is InChI=1S/C12H13NO4/c14-12(15)8-11(9-13(16)17)7-6-10-4-2-1-3-5-10/h1-7,11H,8-9H2,(H,14,15)/b7-6+. The van der Waals surface area contributed by atoms with Crippen LogP contribution >= 0.6 is 0 Å². The molecule has 0 saturated carbocycles. The monoisotopic (exact) mass is 235 g/mol. The van der Waals surface area contributed by atoms with Crippen molar-refractivity contribution >= 4 is 12.0 Å². The Balaban J connectivity index is 2.68. The van der Waals surface area contributed by atoms with Crippen LogP contribution in [-0.4, -0.2) is 22.5 Å². The van der Waals surface area contributed by atoms with E-state index in [1.54, 1.807) is 12.2 Å². The minimum atomic E-state index is -1.03. The van der Waals surface area contributed by atoms with Crippen molar-refractivity contribution in [3.8, 4) is 0 Å². The Bertz CT molecular complexity index is 398. The van der Waals surface area contributed by atoms with E-state index in [4.69, 9.17) is 5.11 Å². The van der Waals surface area contributed by atoms with Gasteiger partial charge in [-0.1, -0.05) is 42.5 Å². The van der Waals surface area contributed by atoms with Crippen LogP contribution in [0.5, 0.6) is 0 Å². The second-order valence-electron chi connectivity index (χ2n) is 3.64. The lowest BCUT2D eigenvalue weighted by molar-refractivity contribution is -0.485. The molecule has 0 amide bonds. The van der Waals surface area contributed by atoms with E-state index in [2.05, 4.69) is 0 Å². The number of rotatable bonds is 6. The highest BCUT2D eigenvalue weighted by molar-refractivity contribution is 5.67. The fourth-order valence-electron chi connectivity index (χ4n) is 1.42. The van der Waals surface area contributed by atoms with Gasteiger partial charge >= 0.3 is 5.97 Å². The molecule has 0 aromatic heterocycles. The molecule has 0 aliphatic heterocycles. The van der Waals surface area contributed by atoms with Gasteiger partial charge in [-0.05, 0) is 5.56 Å². The molecule has 1 rings (SSSR count).